The lowest BCUT2D eigenvalue weighted by molar-refractivity contribution is -0.253. The monoisotopic (exact) mass is 684 g/mol. The van der Waals surface area contributed by atoms with E-state index < -0.39 is 12.2 Å². The number of aliphatic hydroxyl groups excluding tert-OH is 1. The molecule has 3 fully saturated rings. The van der Waals surface area contributed by atoms with E-state index in [0.717, 1.165) is 59.4 Å². The Bertz CT molecular complexity index is 1530. The topological polar surface area (TPSA) is 124 Å². The number of rotatable bonds is 15. The lowest BCUT2D eigenvalue weighted by atomic mass is 9.98. The average Bonchev–Trinajstić information content (AvgIpc) is 3.85. The van der Waals surface area contributed by atoms with Crippen molar-refractivity contribution in [2.45, 2.75) is 95.5 Å². The number of benzene rings is 3. The van der Waals surface area contributed by atoms with Crippen molar-refractivity contribution in [3.63, 3.8) is 0 Å². The molecule has 50 heavy (non-hydrogen) atoms. The zero-order valence-electron chi connectivity index (χ0n) is 29.0. The summed E-state index contributed by atoms with van der Waals surface area (Å²) in [7, 11) is 0. The fourth-order valence-corrected chi connectivity index (χ4v) is 7.51. The van der Waals surface area contributed by atoms with Gasteiger partial charge in [-0.3, -0.25) is 19.7 Å². The van der Waals surface area contributed by atoms with Crippen molar-refractivity contribution in [2.75, 3.05) is 32.7 Å². The molecule has 268 valence electrons. The minimum absolute atomic E-state index is 0.0203. The number of amides is 2. The first-order valence-corrected chi connectivity index (χ1v) is 18.3. The summed E-state index contributed by atoms with van der Waals surface area (Å²) in [6, 6.07) is 25.2. The molecular weight excluding hydrogens is 632 g/mol. The third-order valence-electron chi connectivity index (χ3n) is 10.3. The van der Waals surface area contributed by atoms with Gasteiger partial charge in [-0.25, -0.2) is 5.48 Å². The number of hydrogen-bond acceptors (Lipinski definition) is 8. The predicted octanol–water partition coefficient (Wildman–Crippen LogP) is 5.63. The summed E-state index contributed by atoms with van der Waals surface area (Å²) < 4.78 is 13.4. The van der Waals surface area contributed by atoms with E-state index in [1.165, 1.54) is 38.8 Å². The van der Waals surface area contributed by atoms with Crippen LogP contribution in [0.3, 0.4) is 0 Å². The van der Waals surface area contributed by atoms with Gasteiger partial charge in [0.1, 0.15) is 0 Å². The summed E-state index contributed by atoms with van der Waals surface area (Å²) in [6.45, 7) is 6.05. The van der Waals surface area contributed by atoms with Gasteiger partial charge in [-0.2, -0.15) is 0 Å². The number of ether oxygens (including phenoxy) is 2. The molecule has 4 N–H and O–H groups in total. The third-order valence-corrected chi connectivity index (χ3v) is 10.3. The van der Waals surface area contributed by atoms with Crippen LogP contribution < -0.4 is 10.8 Å². The first-order valence-electron chi connectivity index (χ1n) is 18.3. The number of hydroxylamine groups is 1. The molecule has 6 rings (SSSR count). The van der Waals surface area contributed by atoms with E-state index >= 15 is 0 Å². The SMILES string of the molecule is O=C(CCCCC(=O)NCc1cccc(-c2ccc([C@@H]3O[C@H](CN4CCC[C@H]4CN4CCCC4)C[C@H](c4ccc(CO)cc4)O3)cc2)c1)NO. The smallest absolute Gasteiger partial charge is 0.243 e. The Hall–Kier alpha value is -3.64. The molecule has 3 saturated heterocycles. The predicted molar refractivity (Wildman–Crippen MR) is 191 cm³/mol. The second-order valence-electron chi connectivity index (χ2n) is 14.0. The van der Waals surface area contributed by atoms with Crippen LogP contribution in [0, 0.1) is 0 Å². The standard InChI is InChI=1S/C40H52N4O6/c45-28-29-12-14-32(15-13-29)37-24-36(27-44-22-6-9-35(44)26-43-20-3-4-21-43)49-40(50-37)33-18-16-31(17-19-33)34-8-5-7-30(23-34)25-41-38(46)10-1-2-11-39(47)42-48/h5,7-8,12-19,23,35-37,40,45,48H,1-4,6,9-11,20-22,24-28H2,(H,41,46)(H,42,47)/t35-,36-,37+,40+/m0/s1. The number of unbranched alkanes of at least 4 members (excludes halogenated alkanes) is 1. The summed E-state index contributed by atoms with van der Waals surface area (Å²) >= 11 is 0. The second kappa shape index (κ2) is 18.0. The van der Waals surface area contributed by atoms with Crippen molar-refractivity contribution in [1.29, 1.82) is 0 Å². The number of nitrogens with zero attached hydrogens (tertiary/aromatic N) is 2. The maximum Gasteiger partial charge on any atom is 0.243 e. The Morgan fingerprint density at radius 2 is 1.52 bits per heavy atom. The number of carbonyl (C=O) groups excluding carboxylic acids is 2. The highest BCUT2D eigenvalue weighted by molar-refractivity contribution is 5.76. The van der Waals surface area contributed by atoms with Crippen molar-refractivity contribution in [2.24, 2.45) is 0 Å². The summed E-state index contributed by atoms with van der Waals surface area (Å²) in [5.41, 5.74) is 7.70. The molecule has 3 aromatic carbocycles. The third kappa shape index (κ3) is 9.99. The van der Waals surface area contributed by atoms with Crippen LogP contribution in [0.25, 0.3) is 11.1 Å². The highest BCUT2D eigenvalue weighted by atomic mass is 16.7. The van der Waals surface area contributed by atoms with E-state index in [-0.39, 0.29) is 31.1 Å². The van der Waals surface area contributed by atoms with E-state index in [2.05, 4.69) is 63.6 Å². The Labute approximate surface area is 295 Å². The molecule has 10 nitrogen and oxygen atoms in total. The van der Waals surface area contributed by atoms with Crippen LogP contribution in [0.15, 0.2) is 72.8 Å². The van der Waals surface area contributed by atoms with Gasteiger partial charge in [-0.15, -0.1) is 0 Å². The molecule has 0 aliphatic carbocycles. The molecule has 0 unspecified atom stereocenters. The number of carbonyl (C=O) groups is 2. The largest absolute Gasteiger partial charge is 0.392 e. The van der Waals surface area contributed by atoms with Crippen LogP contribution in [0.5, 0.6) is 0 Å². The maximum absolute atomic E-state index is 12.3. The molecule has 0 spiro atoms. The van der Waals surface area contributed by atoms with Gasteiger partial charge in [0, 0.05) is 50.5 Å². The molecule has 0 bridgehead atoms. The molecule has 0 saturated carbocycles. The van der Waals surface area contributed by atoms with Gasteiger partial charge in [0.2, 0.25) is 11.8 Å². The van der Waals surface area contributed by atoms with E-state index in [1.807, 2.05) is 24.3 Å². The average molecular weight is 685 g/mol. The fourth-order valence-electron chi connectivity index (χ4n) is 7.51. The van der Waals surface area contributed by atoms with Gasteiger partial charge in [-0.05, 0) is 92.0 Å². The van der Waals surface area contributed by atoms with Crippen molar-refractivity contribution >= 4 is 11.8 Å². The van der Waals surface area contributed by atoms with Gasteiger partial charge in [0.05, 0.1) is 18.8 Å². The fraction of sp³-hybridized carbons (Fsp3) is 0.500. The lowest BCUT2D eigenvalue weighted by Gasteiger charge is -2.39. The van der Waals surface area contributed by atoms with Crippen LogP contribution in [-0.2, 0) is 32.2 Å². The lowest BCUT2D eigenvalue weighted by Crippen LogP contribution is -2.45. The van der Waals surface area contributed by atoms with Gasteiger partial charge in [0.15, 0.2) is 6.29 Å². The van der Waals surface area contributed by atoms with E-state index in [0.29, 0.717) is 31.8 Å². The normalized spacial score (nSPS) is 22.8. The Kier molecular flexibility index (Phi) is 13.0. The first-order chi connectivity index (χ1) is 24.5. The molecule has 2 amide bonds. The Balaban J connectivity index is 1.10. The molecule has 4 atom stereocenters. The summed E-state index contributed by atoms with van der Waals surface area (Å²) in [4.78, 5) is 28.7. The molecule has 3 aromatic rings. The number of nitrogens with one attached hydrogen (secondary N) is 2. The second-order valence-corrected chi connectivity index (χ2v) is 14.0. The molecule has 3 heterocycles. The minimum atomic E-state index is -0.496. The summed E-state index contributed by atoms with van der Waals surface area (Å²) in [5, 5.41) is 21.1. The summed E-state index contributed by atoms with van der Waals surface area (Å²) in [5.74, 6) is -0.504. The zero-order valence-corrected chi connectivity index (χ0v) is 29.0. The van der Waals surface area contributed by atoms with Crippen molar-refractivity contribution in [1.82, 2.24) is 20.6 Å². The van der Waals surface area contributed by atoms with Crippen molar-refractivity contribution in [3.8, 4) is 11.1 Å². The number of aliphatic hydroxyl groups is 1. The minimum Gasteiger partial charge on any atom is -0.392 e. The number of hydrogen-bond donors (Lipinski definition) is 4. The van der Waals surface area contributed by atoms with Crippen molar-refractivity contribution < 1.29 is 29.4 Å². The highest BCUT2D eigenvalue weighted by Crippen LogP contribution is 2.39. The number of likely N-dealkylation sites (tertiary alicyclic amines) is 2. The first kappa shape index (κ1) is 36.2. The van der Waals surface area contributed by atoms with E-state index in [4.69, 9.17) is 14.7 Å². The summed E-state index contributed by atoms with van der Waals surface area (Å²) in [6.07, 6.45) is 6.96. The molecular formula is C40H52N4O6. The van der Waals surface area contributed by atoms with Crippen LogP contribution in [-0.4, -0.2) is 76.8 Å². The van der Waals surface area contributed by atoms with Gasteiger partial charge >= 0.3 is 0 Å². The molecule has 3 aliphatic heterocycles. The Morgan fingerprint density at radius 3 is 2.26 bits per heavy atom. The van der Waals surface area contributed by atoms with Crippen LogP contribution >= 0.6 is 0 Å². The van der Waals surface area contributed by atoms with Crippen LogP contribution in [0.1, 0.15) is 92.4 Å². The van der Waals surface area contributed by atoms with E-state index in [9.17, 15) is 14.7 Å². The van der Waals surface area contributed by atoms with Crippen molar-refractivity contribution in [3.05, 3.63) is 95.1 Å². The molecule has 3 aliphatic rings. The van der Waals surface area contributed by atoms with Crippen LogP contribution in [0.2, 0.25) is 0 Å². The van der Waals surface area contributed by atoms with E-state index in [1.54, 1.807) is 5.48 Å². The zero-order chi connectivity index (χ0) is 34.7. The van der Waals surface area contributed by atoms with Crippen LogP contribution in [0.4, 0.5) is 0 Å². The highest BCUT2D eigenvalue weighted by Gasteiger charge is 2.36. The van der Waals surface area contributed by atoms with Gasteiger partial charge in [-0.1, -0.05) is 66.7 Å². The molecule has 10 heteroatoms. The molecule has 0 radical (unpaired) electrons. The molecule has 0 aromatic heterocycles. The van der Waals surface area contributed by atoms with Gasteiger partial charge < -0.3 is 24.8 Å². The maximum atomic E-state index is 12.3. The van der Waals surface area contributed by atoms with Gasteiger partial charge in [0.25, 0.3) is 0 Å². The quantitative estimate of drug-likeness (QED) is 0.0923. The Morgan fingerprint density at radius 1 is 0.780 bits per heavy atom.